The Morgan fingerprint density at radius 2 is 1.76 bits per heavy atom. The molecule has 0 N–H and O–H groups in total. The Labute approximate surface area is 148 Å². The van der Waals surface area contributed by atoms with Crippen molar-refractivity contribution in [1.82, 2.24) is 23.7 Å². The molecule has 2 aromatic rings. The van der Waals surface area contributed by atoms with Gasteiger partial charge < -0.3 is 4.52 Å². The summed E-state index contributed by atoms with van der Waals surface area (Å²) in [6.45, 7) is 4.74. The van der Waals surface area contributed by atoms with Gasteiger partial charge in [-0.2, -0.15) is 22.0 Å². The number of rotatable bonds is 5. The van der Waals surface area contributed by atoms with E-state index in [1.807, 2.05) is 31.2 Å². The predicted octanol–water partition coefficient (Wildman–Crippen LogP) is 0.969. The van der Waals surface area contributed by atoms with Crippen molar-refractivity contribution in [2.75, 3.05) is 40.3 Å². The molecular weight excluding hydrogens is 342 g/mol. The molecule has 0 unspecified atom stereocenters. The quantitative estimate of drug-likeness (QED) is 0.785. The van der Waals surface area contributed by atoms with Crippen LogP contribution in [0.4, 0.5) is 0 Å². The molecular formula is C16H23N5O3S. The van der Waals surface area contributed by atoms with Gasteiger partial charge in [0.05, 0.1) is 6.54 Å². The Bertz CT molecular complexity index is 809. The van der Waals surface area contributed by atoms with Crippen molar-refractivity contribution < 1.29 is 12.9 Å². The molecule has 136 valence electrons. The first-order chi connectivity index (χ1) is 11.9. The van der Waals surface area contributed by atoms with E-state index in [2.05, 4.69) is 15.0 Å². The van der Waals surface area contributed by atoms with Gasteiger partial charge in [-0.3, -0.25) is 4.90 Å². The molecule has 8 nitrogen and oxygen atoms in total. The van der Waals surface area contributed by atoms with Crippen molar-refractivity contribution in [2.24, 2.45) is 0 Å². The molecule has 25 heavy (non-hydrogen) atoms. The van der Waals surface area contributed by atoms with Gasteiger partial charge in [-0.25, -0.2) is 0 Å². The van der Waals surface area contributed by atoms with E-state index >= 15 is 0 Å². The lowest BCUT2D eigenvalue weighted by Gasteiger charge is -2.34. The van der Waals surface area contributed by atoms with Gasteiger partial charge in [-0.05, 0) is 6.92 Å². The van der Waals surface area contributed by atoms with E-state index in [1.54, 1.807) is 14.1 Å². The van der Waals surface area contributed by atoms with Gasteiger partial charge in [-0.15, -0.1) is 0 Å². The lowest BCUT2D eigenvalue weighted by Crippen LogP contribution is -2.51. The maximum Gasteiger partial charge on any atom is 0.281 e. The zero-order valence-electron chi connectivity index (χ0n) is 14.7. The van der Waals surface area contributed by atoms with Crippen molar-refractivity contribution in [1.29, 1.82) is 0 Å². The summed E-state index contributed by atoms with van der Waals surface area (Å²) in [5, 5.41) is 4.03. The van der Waals surface area contributed by atoms with Gasteiger partial charge in [0.1, 0.15) is 0 Å². The smallest absolute Gasteiger partial charge is 0.281 e. The Balaban J connectivity index is 1.59. The molecule has 0 aliphatic carbocycles. The van der Waals surface area contributed by atoms with Crippen LogP contribution >= 0.6 is 0 Å². The minimum absolute atomic E-state index is 0.458. The van der Waals surface area contributed by atoms with Crippen molar-refractivity contribution in [3.63, 3.8) is 0 Å². The molecule has 3 rings (SSSR count). The number of hydrogen-bond donors (Lipinski definition) is 0. The Morgan fingerprint density at radius 3 is 2.36 bits per heavy atom. The molecule has 0 atom stereocenters. The largest absolute Gasteiger partial charge is 0.338 e. The monoisotopic (exact) mass is 365 g/mol. The summed E-state index contributed by atoms with van der Waals surface area (Å²) in [5.41, 5.74) is 2.10. The molecule has 1 aromatic carbocycles. The van der Waals surface area contributed by atoms with Crippen LogP contribution in [0, 0.1) is 6.92 Å². The highest BCUT2D eigenvalue weighted by molar-refractivity contribution is 7.86. The second-order valence-corrected chi connectivity index (χ2v) is 8.49. The second-order valence-electron chi connectivity index (χ2n) is 6.34. The zero-order chi connectivity index (χ0) is 18.0. The van der Waals surface area contributed by atoms with E-state index in [9.17, 15) is 8.42 Å². The summed E-state index contributed by atoms with van der Waals surface area (Å²) in [4.78, 5) is 6.56. The highest BCUT2D eigenvalue weighted by Gasteiger charge is 2.29. The van der Waals surface area contributed by atoms with Gasteiger partial charge in [0, 0.05) is 45.8 Å². The fourth-order valence-corrected chi connectivity index (χ4v) is 3.77. The van der Waals surface area contributed by atoms with Crippen molar-refractivity contribution >= 4 is 10.2 Å². The lowest BCUT2D eigenvalue weighted by atomic mass is 10.1. The number of benzene rings is 1. The third-order valence-electron chi connectivity index (χ3n) is 4.26. The topological polar surface area (TPSA) is 82.8 Å². The summed E-state index contributed by atoms with van der Waals surface area (Å²) in [7, 11) is -0.246. The highest BCUT2D eigenvalue weighted by Crippen LogP contribution is 2.18. The fourth-order valence-electron chi connectivity index (χ4n) is 2.68. The Hall–Kier alpha value is -1.81. The summed E-state index contributed by atoms with van der Waals surface area (Å²) in [5.74, 6) is 1.11. The van der Waals surface area contributed by atoms with E-state index in [-0.39, 0.29) is 0 Å². The molecule has 1 aliphatic heterocycles. The number of aromatic nitrogens is 2. The van der Waals surface area contributed by atoms with Gasteiger partial charge in [0.15, 0.2) is 0 Å². The van der Waals surface area contributed by atoms with Crippen molar-refractivity contribution in [3.05, 3.63) is 35.7 Å². The second kappa shape index (κ2) is 7.20. The van der Waals surface area contributed by atoms with Crippen LogP contribution in [0.15, 0.2) is 28.8 Å². The molecule has 1 fully saturated rings. The van der Waals surface area contributed by atoms with Crippen LogP contribution in [-0.2, 0) is 16.8 Å². The van der Waals surface area contributed by atoms with Crippen LogP contribution < -0.4 is 0 Å². The van der Waals surface area contributed by atoms with Crippen molar-refractivity contribution in [3.8, 4) is 11.4 Å². The molecule has 0 amide bonds. The normalized spacial score (nSPS) is 17.3. The molecule has 0 bridgehead atoms. The number of hydrogen-bond acceptors (Lipinski definition) is 6. The van der Waals surface area contributed by atoms with Gasteiger partial charge >= 0.3 is 0 Å². The molecule has 1 aromatic heterocycles. The van der Waals surface area contributed by atoms with Crippen molar-refractivity contribution in [2.45, 2.75) is 13.5 Å². The Morgan fingerprint density at radius 1 is 1.12 bits per heavy atom. The van der Waals surface area contributed by atoms with E-state index in [0.717, 1.165) is 5.56 Å². The minimum atomic E-state index is -3.34. The average Bonchev–Trinajstić information content (AvgIpc) is 3.04. The Kier molecular flexibility index (Phi) is 5.19. The van der Waals surface area contributed by atoms with Crippen LogP contribution in [0.5, 0.6) is 0 Å². The SMILES string of the molecule is Cc1ccc(-c2noc(CN3CCN(S(=O)(=O)N(C)C)CC3)n2)cc1. The zero-order valence-corrected chi connectivity index (χ0v) is 15.5. The molecule has 1 aliphatic rings. The van der Waals surface area contributed by atoms with E-state index in [4.69, 9.17) is 4.52 Å². The molecule has 0 saturated carbocycles. The predicted molar refractivity (Wildman–Crippen MR) is 93.9 cm³/mol. The standard InChI is InChI=1S/C16H23N5O3S/c1-13-4-6-14(7-5-13)16-17-15(24-18-16)12-20-8-10-21(11-9-20)25(22,23)19(2)3/h4-7H,8-12H2,1-3H3. The summed E-state index contributed by atoms with van der Waals surface area (Å²) in [6.07, 6.45) is 0. The minimum Gasteiger partial charge on any atom is -0.338 e. The number of nitrogens with zero attached hydrogens (tertiary/aromatic N) is 5. The molecule has 9 heteroatoms. The van der Waals surface area contributed by atoms with E-state index < -0.39 is 10.2 Å². The molecule has 2 heterocycles. The molecule has 1 saturated heterocycles. The molecule has 0 radical (unpaired) electrons. The molecule has 0 spiro atoms. The summed E-state index contributed by atoms with van der Waals surface area (Å²) in [6, 6.07) is 7.95. The third-order valence-corrected chi connectivity index (χ3v) is 6.20. The van der Waals surface area contributed by atoms with Crippen LogP contribution in [0.25, 0.3) is 11.4 Å². The first-order valence-electron chi connectivity index (χ1n) is 8.16. The van der Waals surface area contributed by atoms with Crippen LogP contribution in [0.3, 0.4) is 0 Å². The van der Waals surface area contributed by atoms with Crippen LogP contribution in [-0.4, -0.2) is 72.3 Å². The fraction of sp³-hybridized carbons (Fsp3) is 0.500. The van der Waals surface area contributed by atoms with Crippen LogP contribution in [0.1, 0.15) is 11.5 Å². The first kappa shape index (κ1) is 18.0. The summed E-state index contributed by atoms with van der Waals surface area (Å²) >= 11 is 0. The van der Waals surface area contributed by atoms with E-state index in [1.165, 1.54) is 14.2 Å². The van der Waals surface area contributed by atoms with E-state index in [0.29, 0.717) is 44.4 Å². The number of piperazine rings is 1. The highest BCUT2D eigenvalue weighted by atomic mass is 32.2. The first-order valence-corrected chi connectivity index (χ1v) is 9.55. The third kappa shape index (κ3) is 4.06. The summed E-state index contributed by atoms with van der Waals surface area (Å²) < 4.78 is 32.3. The maximum absolute atomic E-state index is 12.1. The lowest BCUT2D eigenvalue weighted by molar-refractivity contribution is 0.160. The van der Waals surface area contributed by atoms with Gasteiger partial charge in [0.2, 0.25) is 11.7 Å². The van der Waals surface area contributed by atoms with Gasteiger partial charge in [0.25, 0.3) is 10.2 Å². The number of aryl methyl sites for hydroxylation is 1. The van der Waals surface area contributed by atoms with Crippen LogP contribution in [0.2, 0.25) is 0 Å². The average molecular weight is 365 g/mol. The maximum atomic E-state index is 12.1. The van der Waals surface area contributed by atoms with Gasteiger partial charge in [-0.1, -0.05) is 35.0 Å².